The number of ether oxygens (including phenoxy) is 1. The lowest BCUT2D eigenvalue weighted by molar-refractivity contribution is -0.384. The van der Waals surface area contributed by atoms with Crippen molar-refractivity contribution in [2.75, 3.05) is 5.32 Å². The number of non-ortho nitro benzene ring substituents is 1. The number of para-hydroxylation sites is 2. The first-order chi connectivity index (χ1) is 10.1. The van der Waals surface area contributed by atoms with Gasteiger partial charge in [-0.2, -0.15) is 0 Å². The molecule has 2 aromatic carbocycles. The third-order valence-electron chi connectivity index (χ3n) is 2.74. The minimum absolute atomic E-state index is 0.0393. The van der Waals surface area contributed by atoms with Crippen LogP contribution in [-0.4, -0.2) is 10.8 Å². The maximum atomic E-state index is 11.1. The molecule has 0 heterocycles. The zero-order valence-corrected chi connectivity index (χ0v) is 11.4. The standard InChI is InChI=1S/C15H14N2O4/c1-11(18)16-14-4-2-3-5-15(14)21-10-12-6-8-13(9-7-12)17(19)20/h2-9H,10H2,1H3,(H,16,18). The number of benzene rings is 2. The minimum atomic E-state index is -0.448. The summed E-state index contributed by atoms with van der Waals surface area (Å²) in [4.78, 5) is 21.2. The van der Waals surface area contributed by atoms with Crippen LogP contribution in [-0.2, 0) is 11.4 Å². The van der Waals surface area contributed by atoms with E-state index >= 15 is 0 Å². The largest absolute Gasteiger partial charge is 0.487 e. The SMILES string of the molecule is CC(=O)Nc1ccccc1OCc1ccc([N+](=O)[O-])cc1. The van der Waals surface area contributed by atoms with Crippen LogP contribution >= 0.6 is 0 Å². The van der Waals surface area contributed by atoms with Gasteiger partial charge < -0.3 is 10.1 Å². The van der Waals surface area contributed by atoms with Crippen molar-refractivity contribution in [2.45, 2.75) is 13.5 Å². The molecule has 1 amide bonds. The second-order valence-corrected chi connectivity index (χ2v) is 4.39. The Morgan fingerprint density at radius 2 is 1.86 bits per heavy atom. The Balaban J connectivity index is 2.06. The average Bonchev–Trinajstić information content (AvgIpc) is 2.46. The summed E-state index contributed by atoms with van der Waals surface area (Å²) in [5, 5.41) is 13.3. The zero-order valence-electron chi connectivity index (χ0n) is 11.4. The van der Waals surface area contributed by atoms with E-state index in [0.717, 1.165) is 5.56 Å². The highest BCUT2D eigenvalue weighted by Gasteiger charge is 2.06. The summed E-state index contributed by atoms with van der Waals surface area (Å²) in [6.07, 6.45) is 0. The van der Waals surface area contributed by atoms with Crippen LogP contribution in [0.15, 0.2) is 48.5 Å². The topological polar surface area (TPSA) is 81.5 Å². The molecule has 0 saturated carbocycles. The van der Waals surface area contributed by atoms with Gasteiger partial charge in [-0.25, -0.2) is 0 Å². The summed E-state index contributed by atoms with van der Waals surface area (Å²) in [7, 11) is 0. The lowest BCUT2D eigenvalue weighted by Crippen LogP contribution is -2.07. The van der Waals surface area contributed by atoms with Crippen LogP contribution in [0.3, 0.4) is 0 Å². The highest BCUT2D eigenvalue weighted by molar-refractivity contribution is 5.90. The van der Waals surface area contributed by atoms with Crippen molar-refractivity contribution in [3.8, 4) is 5.75 Å². The van der Waals surface area contributed by atoms with Gasteiger partial charge in [-0.05, 0) is 29.8 Å². The monoisotopic (exact) mass is 286 g/mol. The molecule has 21 heavy (non-hydrogen) atoms. The summed E-state index contributed by atoms with van der Waals surface area (Å²) in [6, 6.07) is 13.2. The molecule has 2 aromatic rings. The molecule has 0 saturated heterocycles. The number of carbonyl (C=O) groups excluding carboxylic acids is 1. The van der Waals surface area contributed by atoms with E-state index in [-0.39, 0.29) is 18.2 Å². The Kier molecular flexibility index (Phi) is 4.50. The Bertz CT molecular complexity index is 653. The number of hydrogen-bond acceptors (Lipinski definition) is 4. The van der Waals surface area contributed by atoms with E-state index in [0.29, 0.717) is 11.4 Å². The first-order valence-electron chi connectivity index (χ1n) is 6.29. The molecule has 0 aliphatic rings. The van der Waals surface area contributed by atoms with Crippen molar-refractivity contribution < 1.29 is 14.5 Å². The van der Waals surface area contributed by atoms with E-state index < -0.39 is 4.92 Å². The molecule has 1 N–H and O–H groups in total. The molecule has 108 valence electrons. The minimum Gasteiger partial charge on any atom is -0.487 e. The molecule has 0 atom stereocenters. The molecule has 0 unspecified atom stereocenters. The van der Waals surface area contributed by atoms with E-state index in [1.165, 1.54) is 19.1 Å². The number of carbonyl (C=O) groups is 1. The fraction of sp³-hybridized carbons (Fsp3) is 0.133. The van der Waals surface area contributed by atoms with Gasteiger partial charge in [-0.1, -0.05) is 12.1 Å². The Morgan fingerprint density at radius 1 is 1.19 bits per heavy atom. The second kappa shape index (κ2) is 6.51. The van der Waals surface area contributed by atoms with Gasteiger partial charge in [-0.15, -0.1) is 0 Å². The van der Waals surface area contributed by atoms with Crippen LogP contribution in [0, 0.1) is 10.1 Å². The van der Waals surface area contributed by atoms with E-state index in [9.17, 15) is 14.9 Å². The van der Waals surface area contributed by atoms with E-state index in [1.54, 1.807) is 36.4 Å². The normalized spacial score (nSPS) is 9.95. The van der Waals surface area contributed by atoms with Gasteiger partial charge in [0.15, 0.2) is 0 Å². The fourth-order valence-electron chi connectivity index (χ4n) is 1.76. The Morgan fingerprint density at radius 3 is 2.48 bits per heavy atom. The molecule has 2 rings (SSSR count). The summed E-state index contributed by atoms with van der Waals surface area (Å²) in [5.74, 6) is 0.368. The molecular formula is C15H14N2O4. The molecule has 0 aliphatic carbocycles. The number of anilines is 1. The average molecular weight is 286 g/mol. The molecule has 0 bridgehead atoms. The highest BCUT2D eigenvalue weighted by Crippen LogP contribution is 2.25. The number of nitro groups is 1. The Labute approximate surface area is 121 Å². The van der Waals surface area contributed by atoms with Crippen molar-refractivity contribution >= 4 is 17.3 Å². The first kappa shape index (κ1) is 14.5. The van der Waals surface area contributed by atoms with Gasteiger partial charge in [0.2, 0.25) is 5.91 Å². The molecule has 6 nitrogen and oxygen atoms in total. The summed E-state index contributed by atoms with van der Waals surface area (Å²) < 4.78 is 5.64. The quantitative estimate of drug-likeness (QED) is 0.676. The van der Waals surface area contributed by atoms with Crippen LogP contribution in [0.2, 0.25) is 0 Å². The summed E-state index contributed by atoms with van der Waals surface area (Å²) in [6.45, 7) is 1.68. The molecule has 6 heteroatoms. The molecule has 0 aromatic heterocycles. The van der Waals surface area contributed by atoms with Crippen LogP contribution < -0.4 is 10.1 Å². The zero-order chi connectivity index (χ0) is 15.2. The van der Waals surface area contributed by atoms with Crippen molar-refractivity contribution in [3.63, 3.8) is 0 Å². The van der Waals surface area contributed by atoms with Crippen LogP contribution in [0.1, 0.15) is 12.5 Å². The van der Waals surface area contributed by atoms with Gasteiger partial charge in [0, 0.05) is 19.1 Å². The lowest BCUT2D eigenvalue weighted by atomic mass is 10.2. The predicted octanol–water partition coefficient (Wildman–Crippen LogP) is 3.13. The molecule has 0 radical (unpaired) electrons. The smallest absolute Gasteiger partial charge is 0.269 e. The first-order valence-corrected chi connectivity index (χ1v) is 6.29. The third-order valence-corrected chi connectivity index (χ3v) is 2.74. The molecule has 0 spiro atoms. The number of amides is 1. The fourth-order valence-corrected chi connectivity index (χ4v) is 1.76. The van der Waals surface area contributed by atoms with E-state index in [1.807, 2.05) is 0 Å². The third kappa shape index (κ3) is 4.04. The number of nitrogens with one attached hydrogen (secondary N) is 1. The predicted molar refractivity (Wildman–Crippen MR) is 78.2 cm³/mol. The van der Waals surface area contributed by atoms with Crippen LogP contribution in [0.25, 0.3) is 0 Å². The van der Waals surface area contributed by atoms with Gasteiger partial charge in [0.1, 0.15) is 12.4 Å². The van der Waals surface area contributed by atoms with Gasteiger partial charge >= 0.3 is 0 Å². The second-order valence-electron chi connectivity index (χ2n) is 4.39. The summed E-state index contributed by atoms with van der Waals surface area (Å²) in [5.41, 5.74) is 1.43. The summed E-state index contributed by atoms with van der Waals surface area (Å²) >= 11 is 0. The molecular weight excluding hydrogens is 272 g/mol. The number of rotatable bonds is 5. The highest BCUT2D eigenvalue weighted by atomic mass is 16.6. The maximum absolute atomic E-state index is 11.1. The van der Waals surface area contributed by atoms with Crippen molar-refractivity contribution in [1.82, 2.24) is 0 Å². The van der Waals surface area contributed by atoms with Gasteiger partial charge in [0.05, 0.1) is 10.6 Å². The van der Waals surface area contributed by atoms with Crippen LogP contribution in [0.5, 0.6) is 5.75 Å². The van der Waals surface area contributed by atoms with E-state index in [4.69, 9.17) is 4.74 Å². The number of hydrogen-bond donors (Lipinski definition) is 1. The van der Waals surface area contributed by atoms with Crippen molar-refractivity contribution in [2.24, 2.45) is 0 Å². The maximum Gasteiger partial charge on any atom is 0.269 e. The lowest BCUT2D eigenvalue weighted by Gasteiger charge is -2.11. The van der Waals surface area contributed by atoms with Gasteiger partial charge in [-0.3, -0.25) is 14.9 Å². The van der Waals surface area contributed by atoms with Gasteiger partial charge in [0.25, 0.3) is 5.69 Å². The Hall–Kier alpha value is -2.89. The molecule has 0 fully saturated rings. The number of nitro benzene ring substituents is 1. The van der Waals surface area contributed by atoms with E-state index in [2.05, 4.69) is 5.32 Å². The molecule has 0 aliphatic heterocycles. The van der Waals surface area contributed by atoms with Crippen LogP contribution in [0.4, 0.5) is 11.4 Å². The van der Waals surface area contributed by atoms with Crippen molar-refractivity contribution in [1.29, 1.82) is 0 Å². The van der Waals surface area contributed by atoms with Crippen molar-refractivity contribution in [3.05, 3.63) is 64.2 Å². The number of nitrogens with zero attached hydrogens (tertiary/aromatic N) is 1.